The number of carbonyl (C=O) groups excluding carboxylic acids is 1. The number of aryl methyl sites for hydroxylation is 1. The van der Waals surface area contributed by atoms with Gasteiger partial charge in [0.05, 0.1) is 6.54 Å². The quantitative estimate of drug-likeness (QED) is 0.743. The molecule has 0 spiro atoms. The molecule has 0 N–H and O–H groups in total. The van der Waals surface area contributed by atoms with Gasteiger partial charge in [0.15, 0.2) is 0 Å². The van der Waals surface area contributed by atoms with E-state index in [1.807, 2.05) is 24.8 Å². The van der Waals surface area contributed by atoms with Gasteiger partial charge in [-0.3, -0.25) is 4.79 Å². The number of aromatic nitrogens is 1. The summed E-state index contributed by atoms with van der Waals surface area (Å²) in [6.07, 6.45) is 2.06. The van der Waals surface area contributed by atoms with Crippen molar-refractivity contribution >= 4 is 17.5 Å². The molecule has 1 aromatic heterocycles. The highest BCUT2D eigenvalue weighted by atomic mass is 35.5. The summed E-state index contributed by atoms with van der Waals surface area (Å²) in [6.45, 7) is 7.52. The maximum Gasteiger partial charge on any atom is 0.238 e. The lowest BCUT2D eigenvalue weighted by atomic mass is 10.1. The molecule has 0 atom stereocenters. The summed E-state index contributed by atoms with van der Waals surface area (Å²) in [6, 6.07) is 12.7. The number of carbonyl (C=O) groups is 1. The Morgan fingerprint density at radius 2 is 2.05 bits per heavy atom. The molecule has 22 heavy (non-hydrogen) atoms. The second-order valence-electron chi connectivity index (χ2n) is 5.87. The molecular weight excluding hydrogens is 296 g/mol. The fourth-order valence-corrected chi connectivity index (χ4v) is 2.72. The van der Waals surface area contributed by atoms with Crippen LogP contribution in [0, 0.1) is 6.92 Å². The number of benzene rings is 1. The molecule has 1 amide bonds. The van der Waals surface area contributed by atoms with E-state index in [0.717, 1.165) is 12.2 Å². The molecule has 0 unspecified atom stereocenters. The molecule has 0 fully saturated rings. The molecule has 0 aliphatic heterocycles. The normalized spacial score (nSPS) is 11.0. The summed E-state index contributed by atoms with van der Waals surface area (Å²) < 4.78 is 2.19. The van der Waals surface area contributed by atoms with Crippen LogP contribution in [0.1, 0.15) is 30.7 Å². The molecule has 1 aromatic carbocycles. The molecule has 0 aliphatic rings. The minimum Gasteiger partial charge on any atom is -0.345 e. The Morgan fingerprint density at radius 3 is 2.68 bits per heavy atom. The molecule has 0 radical (unpaired) electrons. The molecule has 2 aromatic rings. The Morgan fingerprint density at radius 1 is 1.27 bits per heavy atom. The number of hydrogen-bond donors (Lipinski definition) is 0. The van der Waals surface area contributed by atoms with Crippen LogP contribution in [0.15, 0.2) is 42.6 Å². The van der Waals surface area contributed by atoms with Gasteiger partial charge in [-0.1, -0.05) is 29.8 Å². The van der Waals surface area contributed by atoms with Crippen LogP contribution in [0.5, 0.6) is 0 Å². The molecule has 0 saturated carbocycles. The summed E-state index contributed by atoms with van der Waals surface area (Å²) in [5.74, 6) is -0.00323. The van der Waals surface area contributed by atoms with E-state index < -0.39 is 0 Å². The Balaban J connectivity index is 2.16. The first-order valence-electron chi connectivity index (χ1n) is 7.56. The second kappa shape index (κ2) is 7.50. The van der Waals surface area contributed by atoms with Crippen LogP contribution < -0.4 is 0 Å². The third-order valence-electron chi connectivity index (χ3n) is 3.75. The SMILES string of the molecule is Cc1cccc(Cn2cccc2CN(C(=O)CCl)C(C)C)c1. The smallest absolute Gasteiger partial charge is 0.238 e. The Bertz CT molecular complexity index is 634. The number of alkyl halides is 1. The Labute approximate surface area is 137 Å². The van der Waals surface area contributed by atoms with Gasteiger partial charge in [0.2, 0.25) is 5.91 Å². The fourth-order valence-electron chi connectivity index (χ4n) is 2.56. The van der Waals surface area contributed by atoms with Crippen molar-refractivity contribution in [2.45, 2.75) is 39.9 Å². The van der Waals surface area contributed by atoms with Crippen LogP contribution in [0.2, 0.25) is 0 Å². The van der Waals surface area contributed by atoms with Crippen molar-refractivity contribution in [2.75, 3.05) is 5.88 Å². The molecule has 0 aliphatic carbocycles. The van der Waals surface area contributed by atoms with Crippen molar-refractivity contribution in [3.63, 3.8) is 0 Å². The number of amides is 1. The first-order chi connectivity index (χ1) is 10.5. The summed E-state index contributed by atoms with van der Waals surface area (Å²) in [5, 5.41) is 0. The van der Waals surface area contributed by atoms with Crippen molar-refractivity contribution < 1.29 is 4.79 Å². The lowest BCUT2D eigenvalue weighted by Crippen LogP contribution is -2.37. The molecule has 1 heterocycles. The molecule has 4 heteroatoms. The third kappa shape index (κ3) is 4.14. The van der Waals surface area contributed by atoms with Crippen molar-refractivity contribution in [1.29, 1.82) is 0 Å². The zero-order chi connectivity index (χ0) is 16.1. The third-order valence-corrected chi connectivity index (χ3v) is 3.98. The van der Waals surface area contributed by atoms with Gasteiger partial charge in [-0.2, -0.15) is 0 Å². The monoisotopic (exact) mass is 318 g/mol. The first kappa shape index (κ1) is 16.6. The summed E-state index contributed by atoms with van der Waals surface area (Å²) in [4.78, 5) is 13.8. The second-order valence-corrected chi connectivity index (χ2v) is 6.13. The summed E-state index contributed by atoms with van der Waals surface area (Å²) in [7, 11) is 0. The molecular formula is C18H23ClN2O. The number of rotatable bonds is 6. The Hall–Kier alpha value is -1.74. The first-order valence-corrected chi connectivity index (χ1v) is 8.09. The standard InChI is InChI=1S/C18H23ClN2O/c1-14(2)21(18(22)11-19)13-17-8-5-9-20(17)12-16-7-4-6-15(3)10-16/h4-10,14H,11-13H2,1-3H3. The van der Waals surface area contributed by atoms with Crippen LogP contribution in [-0.2, 0) is 17.9 Å². The highest BCUT2D eigenvalue weighted by Crippen LogP contribution is 2.14. The molecule has 0 bridgehead atoms. The van der Waals surface area contributed by atoms with E-state index in [-0.39, 0.29) is 17.8 Å². The van der Waals surface area contributed by atoms with E-state index in [9.17, 15) is 4.79 Å². The zero-order valence-electron chi connectivity index (χ0n) is 13.4. The highest BCUT2D eigenvalue weighted by molar-refractivity contribution is 6.27. The summed E-state index contributed by atoms with van der Waals surface area (Å²) in [5.41, 5.74) is 3.64. The van der Waals surface area contributed by atoms with E-state index in [0.29, 0.717) is 6.54 Å². The molecule has 0 saturated heterocycles. The number of nitrogens with zero attached hydrogens (tertiary/aromatic N) is 2. The average Bonchev–Trinajstić information content (AvgIpc) is 2.90. The van der Waals surface area contributed by atoms with E-state index in [1.165, 1.54) is 11.1 Å². The van der Waals surface area contributed by atoms with E-state index in [1.54, 1.807) is 0 Å². The van der Waals surface area contributed by atoms with Crippen LogP contribution in [0.4, 0.5) is 0 Å². The van der Waals surface area contributed by atoms with Gasteiger partial charge < -0.3 is 9.47 Å². The maximum absolute atomic E-state index is 12.0. The number of hydrogen-bond acceptors (Lipinski definition) is 1. The van der Waals surface area contributed by atoms with Crippen molar-refractivity contribution in [2.24, 2.45) is 0 Å². The van der Waals surface area contributed by atoms with Crippen molar-refractivity contribution in [3.05, 3.63) is 59.4 Å². The van der Waals surface area contributed by atoms with E-state index in [4.69, 9.17) is 11.6 Å². The minimum absolute atomic E-state index is 0.0246. The van der Waals surface area contributed by atoms with Gasteiger partial charge in [0, 0.05) is 24.5 Å². The Kier molecular flexibility index (Phi) is 5.67. The van der Waals surface area contributed by atoms with Crippen LogP contribution in [0.3, 0.4) is 0 Å². The summed E-state index contributed by atoms with van der Waals surface area (Å²) >= 11 is 5.72. The van der Waals surface area contributed by atoms with E-state index in [2.05, 4.69) is 48.0 Å². The van der Waals surface area contributed by atoms with Crippen LogP contribution >= 0.6 is 11.6 Å². The largest absolute Gasteiger partial charge is 0.345 e. The predicted molar refractivity (Wildman–Crippen MR) is 91.1 cm³/mol. The van der Waals surface area contributed by atoms with Gasteiger partial charge in [-0.25, -0.2) is 0 Å². The topological polar surface area (TPSA) is 25.2 Å². The molecule has 118 valence electrons. The van der Waals surface area contributed by atoms with Gasteiger partial charge in [-0.05, 0) is 38.5 Å². The fraction of sp³-hybridized carbons (Fsp3) is 0.389. The van der Waals surface area contributed by atoms with Crippen molar-refractivity contribution in [3.8, 4) is 0 Å². The lowest BCUT2D eigenvalue weighted by Gasteiger charge is -2.26. The van der Waals surface area contributed by atoms with Crippen LogP contribution in [0.25, 0.3) is 0 Å². The average molecular weight is 319 g/mol. The van der Waals surface area contributed by atoms with Gasteiger partial charge >= 0.3 is 0 Å². The highest BCUT2D eigenvalue weighted by Gasteiger charge is 2.17. The van der Waals surface area contributed by atoms with Gasteiger partial charge in [-0.15, -0.1) is 11.6 Å². The minimum atomic E-state index is -0.0278. The number of halogens is 1. The molecule has 2 rings (SSSR count). The lowest BCUT2D eigenvalue weighted by molar-refractivity contribution is -0.130. The maximum atomic E-state index is 12.0. The van der Waals surface area contributed by atoms with Gasteiger partial charge in [0.1, 0.15) is 5.88 Å². The van der Waals surface area contributed by atoms with Crippen LogP contribution in [-0.4, -0.2) is 27.3 Å². The molecule has 3 nitrogen and oxygen atoms in total. The predicted octanol–water partition coefficient (Wildman–Crippen LogP) is 3.82. The zero-order valence-corrected chi connectivity index (χ0v) is 14.2. The van der Waals surface area contributed by atoms with E-state index >= 15 is 0 Å². The van der Waals surface area contributed by atoms with Crippen molar-refractivity contribution in [1.82, 2.24) is 9.47 Å². The van der Waals surface area contributed by atoms with Gasteiger partial charge in [0.25, 0.3) is 0 Å².